The number of nitrogens with zero attached hydrogens (tertiary/aromatic N) is 2. The normalized spacial score (nSPS) is 29.0. The zero-order valence-corrected chi connectivity index (χ0v) is 16.3. The lowest BCUT2D eigenvalue weighted by atomic mass is 9.75. The summed E-state index contributed by atoms with van der Waals surface area (Å²) in [6.45, 7) is 0.243. The number of rotatable bonds is 4. The molecule has 4 rings (SSSR count). The van der Waals surface area contributed by atoms with E-state index in [1.165, 1.54) is 6.20 Å². The number of aromatic nitrogens is 1. The van der Waals surface area contributed by atoms with Crippen molar-refractivity contribution in [2.24, 2.45) is 11.7 Å². The molecule has 8 heteroatoms. The van der Waals surface area contributed by atoms with Crippen LogP contribution in [0.25, 0.3) is 0 Å². The summed E-state index contributed by atoms with van der Waals surface area (Å²) in [5.41, 5.74) is 6.44. The van der Waals surface area contributed by atoms with E-state index in [0.717, 1.165) is 32.1 Å². The molecule has 150 valence electrons. The number of carbonyl (C=O) groups is 3. The van der Waals surface area contributed by atoms with Crippen LogP contribution in [0.5, 0.6) is 0 Å². The highest BCUT2D eigenvalue weighted by atomic mass is 35.5. The lowest BCUT2D eigenvalue weighted by molar-refractivity contribution is -0.139. The summed E-state index contributed by atoms with van der Waals surface area (Å²) in [6, 6.07) is 0.914. The molecule has 2 saturated heterocycles. The van der Waals surface area contributed by atoms with Crippen molar-refractivity contribution in [3.05, 3.63) is 29.6 Å². The topological polar surface area (TPSA) is 103 Å². The van der Waals surface area contributed by atoms with Crippen LogP contribution in [-0.2, 0) is 14.3 Å². The fraction of sp³-hybridized carbons (Fsp3) is 0.600. The zero-order chi connectivity index (χ0) is 19.8. The Kier molecular flexibility index (Phi) is 5.38. The van der Waals surface area contributed by atoms with Crippen molar-refractivity contribution < 1.29 is 19.1 Å². The highest BCUT2D eigenvalue weighted by Gasteiger charge is 2.53. The molecule has 7 nitrogen and oxygen atoms in total. The molecule has 2 N–H and O–H groups in total. The SMILES string of the molecule is NC(=O)c1ccncc1[C@@H](C(=O)N1C[C@H](Cl)[C@H]2OCC(=O)[C@H]21)C1CCCCC1. The number of alkyl halides is 1. The van der Waals surface area contributed by atoms with Crippen LogP contribution in [0.2, 0.25) is 0 Å². The van der Waals surface area contributed by atoms with E-state index in [9.17, 15) is 14.4 Å². The molecule has 3 fully saturated rings. The molecule has 0 radical (unpaired) electrons. The van der Waals surface area contributed by atoms with Gasteiger partial charge in [-0.15, -0.1) is 11.6 Å². The molecule has 2 amide bonds. The molecule has 1 aliphatic carbocycles. The molecule has 28 heavy (non-hydrogen) atoms. The molecule has 2 aliphatic heterocycles. The number of primary amides is 1. The number of likely N-dealkylation sites (tertiary alicyclic amines) is 1. The number of nitrogens with two attached hydrogens (primary N) is 1. The fourth-order valence-electron chi connectivity index (χ4n) is 4.94. The average molecular weight is 406 g/mol. The highest BCUT2D eigenvalue weighted by Crippen LogP contribution is 2.41. The number of halogens is 1. The van der Waals surface area contributed by atoms with E-state index in [0.29, 0.717) is 11.1 Å². The Morgan fingerprint density at radius 3 is 2.75 bits per heavy atom. The van der Waals surface area contributed by atoms with Gasteiger partial charge in [-0.05, 0) is 30.4 Å². The summed E-state index contributed by atoms with van der Waals surface area (Å²) >= 11 is 6.38. The zero-order valence-electron chi connectivity index (χ0n) is 15.6. The Hall–Kier alpha value is -1.99. The first-order chi connectivity index (χ1) is 13.5. The van der Waals surface area contributed by atoms with Crippen molar-refractivity contribution in [1.82, 2.24) is 9.88 Å². The van der Waals surface area contributed by atoms with E-state index < -0.39 is 29.3 Å². The Balaban J connectivity index is 1.73. The van der Waals surface area contributed by atoms with Gasteiger partial charge in [0.2, 0.25) is 11.8 Å². The largest absolute Gasteiger partial charge is 0.366 e. The summed E-state index contributed by atoms with van der Waals surface area (Å²) in [5.74, 6) is -1.37. The van der Waals surface area contributed by atoms with Gasteiger partial charge in [-0.25, -0.2) is 0 Å². The second-order valence-electron chi connectivity index (χ2n) is 7.90. The number of ether oxygens (including phenoxy) is 1. The predicted molar refractivity (Wildman–Crippen MR) is 102 cm³/mol. The third-order valence-corrected chi connectivity index (χ3v) is 6.63. The number of ketones is 1. The van der Waals surface area contributed by atoms with E-state index in [-0.39, 0.29) is 30.8 Å². The molecule has 1 aromatic heterocycles. The van der Waals surface area contributed by atoms with E-state index in [1.807, 2.05) is 0 Å². The molecule has 1 saturated carbocycles. The van der Waals surface area contributed by atoms with Crippen LogP contribution in [-0.4, -0.2) is 58.2 Å². The number of hydrogen-bond donors (Lipinski definition) is 1. The van der Waals surface area contributed by atoms with Gasteiger partial charge in [0.1, 0.15) is 18.8 Å². The maximum absolute atomic E-state index is 13.7. The van der Waals surface area contributed by atoms with Crippen LogP contribution in [0.1, 0.15) is 53.9 Å². The molecular formula is C20H24ClN3O4. The smallest absolute Gasteiger partial charge is 0.249 e. The number of amides is 2. The third kappa shape index (κ3) is 3.31. The number of hydrogen-bond acceptors (Lipinski definition) is 5. The second-order valence-corrected chi connectivity index (χ2v) is 8.46. The maximum Gasteiger partial charge on any atom is 0.249 e. The minimum absolute atomic E-state index is 0.0180. The van der Waals surface area contributed by atoms with Gasteiger partial charge in [0.05, 0.1) is 11.3 Å². The summed E-state index contributed by atoms with van der Waals surface area (Å²) in [6.07, 6.45) is 7.59. The van der Waals surface area contributed by atoms with E-state index in [1.54, 1.807) is 17.2 Å². The van der Waals surface area contributed by atoms with Gasteiger partial charge in [0.15, 0.2) is 5.78 Å². The summed E-state index contributed by atoms with van der Waals surface area (Å²) in [4.78, 5) is 43.8. The standard InChI is InChI=1S/C20H24ClN3O4/c21-14-9-24(17-15(25)10-28-18(14)17)20(27)16(11-4-2-1-3-5-11)13-8-23-7-6-12(13)19(22)26/h6-8,11,14,16-18H,1-5,9-10H2,(H2,22,26)/t14-,16-,17+,18+/m0/s1. The fourth-order valence-corrected chi connectivity index (χ4v) is 5.30. The molecule has 4 atom stereocenters. The lowest BCUT2D eigenvalue weighted by Crippen LogP contribution is -2.46. The molecule has 0 spiro atoms. The first kappa shape index (κ1) is 19.3. The number of pyridine rings is 1. The van der Waals surface area contributed by atoms with E-state index >= 15 is 0 Å². The minimum Gasteiger partial charge on any atom is -0.366 e. The molecule has 3 heterocycles. The van der Waals surface area contributed by atoms with Crippen LogP contribution >= 0.6 is 11.6 Å². The van der Waals surface area contributed by atoms with Crippen LogP contribution in [0.3, 0.4) is 0 Å². The van der Waals surface area contributed by atoms with Crippen LogP contribution < -0.4 is 5.73 Å². The van der Waals surface area contributed by atoms with Crippen LogP contribution in [0.4, 0.5) is 0 Å². The van der Waals surface area contributed by atoms with Crippen molar-refractivity contribution in [1.29, 1.82) is 0 Å². The Morgan fingerprint density at radius 1 is 1.29 bits per heavy atom. The van der Waals surface area contributed by atoms with Gasteiger partial charge in [-0.1, -0.05) is 19.3 Å². The van der Waals surface area contributed by atoms with Crippen molar-refractivity contribution in [2.45, 2.75) is 55.5 Å². The summed E-state index contributed by atoms with van der Waals surface area (Å²) in [7, 11) is 0. The van der Waals surface area contributed by atoms with Gasteiger partial charge in [-0.2, -0.15) is 0 Å². The summed E-state index contributed by atoms with van der Waals surface area (Å²) in [5, 5.41) is -0.420. The minimum atomic E-state index is -0.644. The Labute approximate surface area is 168 Å². The quantitative estimate of drug-likeness (QED) is 0.767. The molecule has 1 aromatic rings. The Bertz CT molecular complexity index is 795. The summed E-state index contributed by atoms with van der Waals surface area (Å²) < 4.78 is 5.51. The highest BCUT2D eigenvalue weighted by molar-refractivity contribution is 6.22. The molecule has 0 unspecified atom stereocenters. The lowest BCUT2D eigenvalue weighted by Gasteiger charge is -2.34. The second kappa shape index (κ2) is 7.79. The van der Waals surface area contributed by atoms with Gasteiger partial charge < -0.3 is 15.4 Å². The van der Waals surface area contributed by atoms with Crippen molar-refractivity contribution in [3.63, 3.8) is 0 Å². The van der Waals surface area contributed by atoms with Gasteiger partial charge in [0, 0.05) is 24.5 Å². The first-order valence-corrected chi connectivity index (χ1v) is 10.2. The van der Waals surface area contributed by atoms with E-state index in [4.69, 9.17) is 22.1 Å². The van der Waals surface area contributed by atoms with Crippen molar-refractivity contribution in [2.75, 3.05) is 13.2 Å². The van der Waals surface area contributed by atoms with Gasteiger partial charge in [-0.3, -0.25) is 19.4 Å². The number of carbonyl (C=O) groups excluding carboxylic acids is 3. The first-order valence-electron chi connectivity index (χ1n) is 9.81. The average Bonchev–Trinajstić information content (AvgIpc) is 3.24. The van der Waals surface area contributed by atoms with Crippen molar-refractivity contribution >= 4 is 29.2 Å². The van der Waals surface area contributed by atoms with Crippen LogP contribution in [0, 0.1) is 5.92 Å². The van der Waals surface area contributed by atoms with Crippen molar-refractivity contribution in [3.8, 4) is 0 Å². The molecule has 3 aliphatic rings. The monoisotopic (exact) mass is 405 g/mol. The Morgan fingerprint density at radius 2 is 2.04 bits per heavy atom. The molecule has 0 bridgehead atoms. The van der Waals surface area contributed by atoms with E-state index in [2.05, 4.69) is 4.98 Å². The van der Waals surface area contributed by atoms with Gasteiger partial charge in [0.25, 0.3) is 0 Å². The van der Waals surface area contributed by atoms with Gasteiger partial charge >= 0.3 is 0 Å². The number of fused-ring (bicyclic) bond motifs is 1. The predicted octanol–water partition coefficient (Wildman–Crippen LogP) is 1.63. The molecule has 0 aromatic carbocycles. The van der Waals surface area contributed by atoms with Crippen LogP contribution in [0.15, 0.2) is 18.5 Å². The maximum atomic E-state index is 13.7. The molecular weight excluding hydrogens is 382 g/mol. The third-order valence-electron chi connectivity index (χ3n) is 6.25. The number of Topliss-reactive ketones (excluding diaryl/α,β-unsaturated/α-hetero) is 1.